The number of nitrogens with zero attached hydrogens (tertiary/aromatic N) is 5. The molecule has 136 valence electrons. The van der Waals surface area contributed by atoms with Gasteiger partial charge in [-0.2, -0.15) is 0 Å². The largest absolute Gasteiger partial charge is 0.370 e. The fraction of sp³-hybridized carbons (Fsp3) is 0.556. The number of nitrogens with one attached hydrogen (secondary N) is 1. The van der Waals surface area contributed by atoms with E-state index in [1.54, 1.807) is 12.5 Å². The molecule has 0 unspecified atom stereocenters. The van der Waals surface area contributed by atoms with E-state index in [1.165, 1.54) is 0 Å². The van der Waals surface area contributed by atoms with Crippen molar-refractivity contribution in [3.05, 3.63) is 35.3 Å². The first-order valence-electron chi connectivity index (χ1n) is 9.21. The van der Waals surface area contributed by atoms with Crippen molar-refractivity contribution in [3.8, 4) is 0 Å². The van der Waals surface area contributed by atoms with Gasteiger partial charge in [0, 0.05) is 31.6 Å². The van der Waals surface area contributed by atoms with Crippen LogP contribution in [-0.2, 0) is 30.9 Å². The van der Waals surface area contributed by atoms with E-state index in [0.717, 1.165) is 55.4 Å². The third-order valence-electron chi connectivity index (χ3n) is 5.68. The van der Waals surface area contributed by atoms with Crippen molar-refractivity contribution in [2.24, 2.45) is 5.92 Å². The quantitative estimate of drug-likeness (QED) is 0.882. The van der Waals surface area contributed by atoms with Crippen LogP contribution >= 0.6 is 0 Å². The number of ether oxygens (including phenoxy) is 1. The Balaban J connectivity index is 1.32. The second kappa shape index (κ2) is 6.05. The van der Waals surface area contributed by atoms with Gasteiger partial charge in [0.1, 0.15) is 23.7 Å². The highest BCUT2D eigenvalue weighted by Gasteiger charge is 2.34. The number of rotatable bonds is 3. The summed E-state index contributed by atoms with van der Waals surface area (Å²) in [6.45, 7) is 5.79. The average molecular weight is 354 g/mol. The van der Waals surface area contributed by atoms with Gasteiger partial charge in [0.2, 0.25) is 0 Å². The lowest BCUT2D eigenvalue weighted by molar-refractivity contribution is 0.0924. The van der Waals surface area contributed by atoms with Crippen LogP contribution in [0.1, 0.15) is 40.9 Å². The number of hydrogen-bond acceptors (Lipinski definition) is 6. The molecule has 0 radical (unpaired) electrons. The van der Waals surface area contributed by atoms with Gasteiger partial charge in [-0.3, -0.25) is 4.79 Å². The van der Waals surface area contributed by atoms with Gasteiger partial charge < -0.3 is 19.5 Å². The van der Waals surface area contributed by atoms with Crippen LogP contribution in [0.15, 0.2) is 12.5 Å². The summed E-state index contributed by atoms with van der Waals surface area (Å²) >= 11 is 0. The zero-order valence-corrected chi connectivity index (χ0v) is 14.8. The molecule has 2 atom stereocenters. The molecule has 0 saturated carbocycles. The summed E-state index contributed by atoms with van der Waals surface area (Å²) in [7, 11) is 0. The second-order valence-corrected chi connectivity index (χ2v) is 7.39. The van der Waals surface area contributed by atoms with Gasteiger partial charge in [0.15, 0.2) is 0 Å². The number of aryl methyl sites for hydroxylation is 1. The fourth-order valence-corrected chi connectivity index (χ4v) is 4.24. The summed E-state index contributed by atoms with van der Waals surface area (Å²) in [6.07, 6.45) is 5.34. The van der Waals surface area contributed by atoms with E-state index in [-0.39, 0.29) is 11.9 Å². The van der Waals surface area contributed by atoms with E-state index in [2.05, 4.69) is 32.1 Å². The minimum absolute atomic E-state index is 0.0272. The molecule has 1 amide bonds. The molecule has 0 spiro atoms. The Kier molecular flexibility index (Phi) is 3.66. The maximum atomic E-state index is 12.8. The zero-order chi connectivity index (χ0) is 17.7. The van der Waals surface area contributed by atoms with Crippen LogP contribution < -0.4 is 10.2 Å². The SMILES string of the molecule is C[C@H]1CN(c2ncnc3c2COC3)C[C@H]1NC(=O)c1cnc2n1CCC2. The monoisotopic (exact) mass is 354 g/mol. The van der Waals surface area contributed by atoms with Crippen LogP contribution in [0.5, 0.6) is 0 Å². The molecule has 0 aromatic carbocycles. The predicted molar refractivity (Wildman–Crippen MR) is 93.7 cm³/mol. The van der Waals surface area contributed by atoms with Crippen LogP contribution in [0.25, 0.3) is 0 Å². The molecule has 5 heterocycles. The normalized spacial score (nSPS) is 24.0. The molecule has 2 aromatic rings. The van der Waals surface area contributed by atoms with Crippen molar-refractivity contribution in [2.45, 2.75) is 45.6 Å². The molecule has 2 aromatic heterocycles. The molecule has 3 aliphatic rings. The molecule has 5 rings (SSSR count). The van der Waals surface area contributed by atoms with E-state index in [1.807, 2.05) is 4.57 Å². The van der Waals surface area contributed by atoms with Gasteiger partial charge in [-0.25, -0.2) is 15.0 Å². The van der Waals surface area contributed by atoms with Crippen LogP contribution in [0.4, 0.5) is 5.82 Å². The molecular formula is C18H22N6O2. The van der Waals surface area contributed by atoms with Crippen molar-refractivity contribution < 1.29 is 9.53 Å². The molecule has 1 N–H and O–H groups in total. The standard InChI is InChI=1S/C18H22N6O2/c1-11-6-23(17-12-8-26-9-14(12)20-10-21-17)7-13(11)22-18(25)15-5-19-16-3-2-4-24(15)16/h5,10-11,13H,2-4,6-9H2,1H3,(H,22,25)/t11-,13+/m0/s1. The Morgan fingerprint density at radius 3 is 3.12 bits per heavy atom. The number of hydrogen-bond donors (Lipinski definition) is 1. The van der Waals surface area contributed by atoms with Crippen LogP contribution in [-0.4, -0.2) is 44.6 Å². The number of anilines is 1. The Hall–Kier alpha value is -2.48. The molecule has 26 heavy (non-hydrogen) atoms. The van der Waals surface area contributed by atoms with Crippen LogP contribution in [0, 0.1) is 5.92 Å². The molecule has 1 fully saturated rings. The Morgan fingerprint density at radius 2 is 2.19 bits per heavy atom. The summed E-state index contributed by atoms with van der Waals surface area (Å²) in [5.74, 6) is 2.28. The first kappa shape index (κ1) is 15.7. The Labute approximate surface area is 151 Å². The summed E-state index contributed by atoms with van der Waals surface area (Å²) in [4.78, 5) is 28.2. The number of carbonyl (C=O) groups is 1. The van der Waals surface area contributed by atoms with Gasteiger partial charge in [-0.05, 0) is 12.3 Å². The lowest BCUT2D eigenvalue weighted by atomic mass is 10.1. The molecule has 0 bridgehead atoms. The highest BCUT2D eigenvalue weighted by molar-refractivity contribution is 5.92. The van der Waals surface area contributed by atoms with Crippen molar-refractivity contribution in [2.75, 3.05) is 18.0 Å². The maximum Gasteiger partial charge on any atom is 0.269 e. The van der Waals surface area contributed by atoms with Crippen LogP contribution in [0.2, 0.25) is 0 Å². The van der Waals surface area contributed by atoms with Gasteiger partial charge in [-0.1, -0.05) is 6.92 Å². The molecule has 0 aliphatic carbocycles. The highest BCUT2D eigenvalue weighted by atomic mass is 16.5. The van der Waals surface area contributed by atoms with E-state index >= 15 is 0 Å². The number of imidazole rings is 1. The van der Waals surface area contributed by atoms with E-state index < -0.39 is 0 Å². The number of carbonyl (C=O) groups excluding carboxylic acids is 1. The third kappa shape index (κ3) is 2.47. The Morgan fingerprint density at radius 1 is 1.27 bits per heavy atom. The average Bonchev–Trinajstić information content (AvgIpc) is 3.38. The lowest BCUT2D eigenvalue weighted by Gasteiger charge is -2.20. The minimum atomic E-state index is -0.0272. The van der Waals surface area contributed by atoms with Crippen molar-refractivity contribution in [1.82, 2.24) is 24.8 Å². The van der Waals surface area contributed by atoms with Gasteiger partial charge in [0.05, 0.1) is 31.1 Å². The van der Waals surface area contributed by atoms with Gasteiger partial charge in [0.25, 0.3) is 5.91 Å². The zero-order valence-electron chi connectivity index (χ0n) is 14.8. The number of fused-ring (bicyclic) bond motifs is 2. The predicted octanol–water partition coefficient (Wildman–Crippen LogP) is 0.904. The van der Waals surface area contributed by atoms with E-state index in [0.29, 0.717) is 24.8 Å². The molecule has 1 saturated heterocycles. The summed E-state index contributed by atoms with van der Waals surface area (Å²) in [6, 6.07) is 0.0861. The maximum absolute atomic E-state index is 12.8. The molecular weight excluding hydrogens is 332 g/mol. The summed E-state index contributed by atoms with van der Waals surface area (Å²) < 4.78 is 7.56. The molecule has 8 heteroatoms. The van der Waals surface area contributed by atoms with Crippen LogP contribution in [0.3, 0.4) is 0 Å². The first-order chi connectivity index (χ1) is 12.7. The first-order valence-corrected chi connectivity index (χ1v) is 9.21. The highest BCUT2D eigenvalue weighted by Crippen LogP contribution is 2.30. The summed E-state index contributed by atoms with van der Waals surface area (Å²) in [5.41, 5.74) is 2.74. The third-order valence-corrected chi connectivity index (χ3v) is 5.68. The fourth-order valence-electron chi connectivity index (χ4n) is 4.24. The molecule has 8 nitrogen and oxygen atoms in total. The van der Waals surface area contributed by atoms with Gasteiger partial charge >= 0.3 is 0 Å². The smallest absolute Gasteiger partial charge is 0.269 e. The topological polar surface area (TPSA) is 85.2 Å². The lowest BCUT2D eigenvalue weighted by Crippen LogP contribution is -2.40. The second-order valence-electron chi connectivity index (χ2n) is 7.39. The van der Waals surface area contributed by atoms with Crippen molar-refractivity contribution in [3.63, 3.8) is 0 Å². The molecule has 3 aliphatic heterocycles. The minimum Gasteiger partial charge on any atom is -0.370 e. The van der Waals surface area contributed by atoms with Crippen molar-refractivity contribution >= 4 is 11.7 Å². The van der Waals surface area contributed by atoms with E-state index in [9.17, 15) is 4.79 Å². The van der Waals surface area contributed by atoms with E-state index in [4.69, 9.17) is 4.74 Å². The number of aromatic nitrogens is 4. The summed E-state index contributed by atoms with van der Waals surface area (Å²) in [5, 5.41) is 3.21. The number of amides is 1. The van der Waals surface area contributed by atoms with Gasteiger partial charge in [-0.15, -0.1) is 0 Å². The van der Waals surface area contributed by atoms with Crippen molar-refractivity contribution in [1.29, 1.82) is 0 Å². The Bertz CT molecular complexity index is 863.